The summed E-state index contributed by atoms with van der Waals surface area (Å²) in [6, 6.07) is 3.68. The van der Waals surface area contributed by atoms with Gasteiger partial charge in [0.15, 0.2) is 0 Å². The van der Waals surface area contributed by atoms with Crippen LogP contribution >= 0.6 is 11.8 Å². The Kier molecular flexibility index (Phi) is 3.86. The summed E-state index contributed by atoms with van der Waals surface area (Å²) in [5, 5.41) is 9.85. The summed E-state index contributed by atoms with van der Waals surface area (Å²) in [6.07, 6.45) is 4.12. The second kappa shape index (κ2) is 5.37. The van der Waals surface area contributed by atoms with Crippen molar-refractivity contribution in [1.82, 2.24) is 4.98 Å². The zero-order chi connectivity index (χ0) is 10.5. The van der Waals surface area contributed by atoms with Crippen LogP contribution in [0.2, 0.25) is 0 Å². The molecule has 0 aliphatic carbocycles. The fraction of sp³-hybridized carbons (Fsp3) is 0.545. The highest BCUT2D eigenvalue weighted by atomic mass is 32.2. The lowest BCUT2D eigenvalue weighted by Crippen LogP contribution is -2.27. The monoisotopic (exact) mass is 225 g/mol. The predicted octanol–water partition coefficient (Wildman–Crippen LogP) is 1.57. The van der Waals surface area contributed by atoms with E-state index in [0.717, 1.165) is 23.7 Å². The number of hydrogen-bond acceptors (Lipinski definition) is 4. The molecule has 1 aliphatic rings. The average molecular weight is 225 g/mol. The molecule has 1 N–H and O–H groups in total. The van der Waals surface area contributed by atoms with E-state index in [2.05, 4.69) is 4.98 Å². The molecule has 82 valence electrons. The van der Waals surface area contributed by atoms with Gasteiger partial charge in [-0.3, -0.25) is 4.98 Å². The van der Waals surface area contributed by atoms with E-state index in [1.165, 1.54) is 0 Å². The van der Waals surface area contributed by atoms with Crippen molar-refractivity contribution in [1.29, 1.82) is 0 Å². The van der Waals surface area contributed by atoms with Crippen molar-refractivity contribution in [3.8, 4) is 5.75 Å². The Bertz CT molecular complexity index is 288. The van der Waals surface area contributed by atoms with E-state index in [-0.39, 0.29) is 6.10 Å². The molecule has 2 atom stereocenters. The van der Waals surface area contributed by atoms with Gasteiger partial charge in [0.2, 0.25) is 0 Å². The fourth-order valence-corrected chi connectivity index (χ4v) is 2.93. The lowest BCUT2D eigenvalue weighted by Gasteiger charge is -2.17. The number of hydrogen-bond donors (Lipinski definition) is 1. The lowest BCUT2D eigenvalue weighted by molar-refractivity contribution is 0.0661. The maximum Gasteiger partial charge on any atom is 0.137 e. The lowest BCUT2D eigenvalue weighted by atomic mass is 10.0. The van der Waals surface area contributed by atoms with Gasteiger partial charge >= 0.3 is 0 Å². The number of aromatic nitrogens is 1. The molecule has 2 heterocycles. The van der Waals surface area contributed by atoms with Crippen LogP contribution in [0.5, 0.6) is 5.75 Å². The summed E-state index contributed by atoms with van der Waals surface area (Å²) in [4.78, 5) is 3.95. The van der Waals surface area contributed by atoms with E-state index in [9.17, 15) is 5.11 Å². The van der Waals surface area contributed by atoms with Gasteiger partial charge in [0.25, 0.3) is 0 Å². The van der Waals surface area contributed by atoms with Gasteiger partial charge in [0, 0.05) is 6.20 Å². The third-order valence-corrected chi connectivity index (χ3v) is 3.75. The third-order valence-electron chi connectivity index (χ3n) is 2.56. The number of nitrogens with zero attached hydrogens (tertiary/aromatic N) is 1. The van der Waals surface area contributed by atoms with Gasteiger partial charge < -0.3 is 9.84 Å². The van der Waals surface area contributed by atoms with Crippen LogP contribution in [-0.2, 0) is 0 Å². The SMILES string of the molecule is OC(COc1cccnc1)C1CCSC1. The van der Waals surface area contributed by atoms with Gasteiger partial charge in [0.1, 0.15) is 12.4 Å². The molecule has 4 heteroatoms. The van der Waals surface area contributed by atoms with Gasteiger partial charge in [-0.05, 0) is 36.0 Å². The summed E-state index contributed by atoms with van der Waals surface area (Å²) in [6.45, 7) is 0.372. The van der Waals surface area contributed by atoms with Crippen LogP contribution in [-0.4, -0.2) is 34.3 Å². The molecule has 0 aromatic carbocycles. The first-order chi connectivity index (χ1) is 7.36. The van der Waals surface area contributed by atoms with E-state index in [1.807, 2.05) is 23.9 Å². The van der Waals surface area contributed by atoms with Gasteiger partial charge in [0.05, 0.1) is 12.3 Å². The van der Waals surface area contributed by atoms with Crippen molar-refractivity contribution in [2.45, 2.75) is 12.5 Å². The highest BCUT2D eigenvalue weighted by Gasteiger charge is 2.23. The molecule has 2 rings (SSSR count). The van der Waals surface area contributed by atoms with Crippen molar-refractivity contribution in [2.24, 2.45) is 5.92 Å². The minimum atomic E-state index is -0.347. The van der Waals surface area contributed by atoms with Crippen LogP contribution in [0.25, 0.3) is 0 Å². The summed E-state index contributed by atoms with van der Waals surface area (Å²) < 4.78 is 5.46. The van der Waals surface area contributed by atoms with E-state index >= 15 is 0 Å². The first kappa shape index (κ1) is 10.8. The normalized spacial score (nSPS) is 22.6. The maximum atomic E-state index is 9.85. The first-order valence-electron chi connectivity index (χ1n) is 5.15. The van der Waals surface area contributed by atoms with Crippen LogP contribution in [0.1, 0.15) is 6.42 Å². The van der Waals surface area contributed by atoms with Gasteiger partial charge in [-0.25, -0.2) is 0 Å². The minimum Gasteiger partial charge on any atom is -0.489 e. The highest BCUT2D eigenvalue weighted by molar-refractivity contribution is 7.99. The molecule has 2 unspecified atom stereocenters. The zero-order valence-corrected chi connectivity index (χ0v) is 9.32. The van der Waals surface area contributed by atoms with Crippen LogP contribution in [0.3, 0.4) is 0 Å². The molecule has 1 aliphatic heterocycles. The summed E-state index contributed by atoms with van der Waals surface area (Å²) >= 11 is 1.90. The molecule has 0 spiro atoms. The molecule has 0 saturated carbocycles. The van der Waals surface area contributed by atoms with Gasteiger partial charge in [-0.15, -0.1) is 0 Å². The van der Waals surface area contributed by atoms with Crippen molar-refractivity contribution in [3.05, 3.63) is 24.5 Å². The van der Waals surface area contributed by atoms with Crippen LogP contribution in [0.15, 0.2) is 24.5 Å². The van der Waals surface area contributed by atoms with Gasteiger partial charge in [-0.2, -0.15) is 11.8 Å². The van der Waals surface area contributed by atoms with E-state index < -0.39 is 0 Å². The number of aliphatic hydroxyl groups is 1. The van der Waals surface area contributed by atoms with Crippen molar-refractivity contribution >= 4 is 11.8 Å². The van der Waals surface area contributed by atoms with Gasteiger partial charge in [-0.1, -0.05) is 0 Å². The van der Waals surface area contributed by atoms with Crippen LogP contribution in [0.4, 0.5) is 0 Å². The fourth-order valence-electron chi connectivity index (χ4n) is 1.61. The summed E-state index contributed by atoms with van der Waals surface area (Å²) in [5.74, 6) is 3.33. The smallest absolute Gasteiger partial charge is 0.137 e. The Morgan fingerprint density at radius 1 is 1.67 bits per heavy atom. The molecule has 3 nitrogen and oxygen atoms in total. The van der Waals surface area contributed by atoms with E-state index in [1.54, 1.807) is 12.4 Å². The van der Waals surface area contributed by atoms with E-state index in [0.29, 0.717) is 12.5 Å². The quantitative estimate of drug-likeness (QED) is 0.844. The first-order valence-corrected chi connectivity index (χ1v) is 6.30. The van der Waals surface area contributed by atoms with Crippen LogP contribution < -0.4 is 4.74 Å². The Morgan fingerprint density at radius 3 is 3.27 bits per heavy atom. The molecular weight excluding hydrogens is 210 g/mol. The predicted molar refractivity (Wildman–Crippen MR) is 61.2 cm³/mol. The largest absolute Gasteiger partial charge is 0.489 e. The number of aliphatic hydroxyl groups excluding tert-OH is 1. The Balaban J connectivity index is 1.77. The standard InChI is InChI=1S/C11H15NO2S/c13-11(9-3-5-15-8-9)7-14-10-2-1-4-12-6-10/h1-2,4,6,9,11,13H,3,5,7-8H2. The Hall–Kier alpha value is -0.740. The van der Waals surface area contributed by atoms with Crippen molar-refractivity contribution < 1.29 is 9.84 Å². The zero-order valence-electron chi connectivity index (χ0n) is 8.50. The number of ether oxygens (including phenoxy) is 1. The highest BCUT2D eigenvalue weighted by Crippen LogP contribution is 2.26. The molecule has 1 aromatic heterocycles. The second-order valence-electron chi connectivity index (χ2n) is 3.69. The third kappa shape index (κ3) is 3.11. The molecule has 15 heavy (non-hydrogen) atoms. The number of pyridine rings is 1. The molecule has 0 amide bonds. The number of thioether (sulfide) groups is 1. The second-order valence-corrected chi connectivity index (χ2v) is 4.84. The van der Waals surface area contributed by atoms with Crippen molar-refractivity contribution in [2.75, 3.05) is 18.1 Å². The molecule has 0 radical (unpaired) electrons. The molecule has 1 fully saturated rings. The number of rotatable bonds is 4. The van der Waals surface area contributed by atoms with Crippen LogP contribution in [0, 0.1) is 5.92 Å². The molecule has 0 bridgehead atoms. The average Bonchev–Trinajstić information content (AvgIpc) is 2.81. The van der Waals surface area contributed by atoms with Crippen molar-refractivity contribution in [3.63, 3.8) is 0 Å². The summed E-state index contributed by atoms with van der Waals surface area (Å²) in [7, 11) is 0. The van der Waals surface area contributed by atoms with E-state index in [4.69, 9.17) is 4.74 Å². The molecule has 1 aromatic rings. The minimum absolute atomic E-state index is 0.347. The Labute approximate surface area is 93.9 Å². The molecule has 1 saturated heterocycles. The maximum absolute atomic E-state index is 9.85. The summed E-state index contributed by atoms with van der Waals surface area (Å²) in [5.41, 5.74) is 0. The Morgan fingerprint density at radius 2 is 2.60 bits per heavy atom. The molecular formula is C11H15NO2S. The topological polar surface area (TPSA) is 42.4 Å².